The topological polar surface area (TPSA) is 57.2 Å². The molecule has 4 nitrogen and oxygen atoms in total. The minimum absolute atomic E-state index is 0.202. The third kappa shape index (κ3) is 2.63. The lowest BCUT2D eigenvalue weighted by Crippen LogP contribution is -2.18. The van der Waals surface area contributed by atoms with Gasteiger partial charge in [-0.25, -0.2) is 5.43 Å². The molecular formula is C18H17N3O. The Hall–Kier alpha value is -2.88. The Balaban J connectivity index is 1.81. The predicted octanol–water partition coefficient (Wildman–Crippen LogP) is 3.55. The van der Waals surface area contributed by atoms with Crippen LogP contribution in [-0.4, -0.2) is 17.1 Å². The number of carbonyl (C=O) groups is 1. The summed E-state index contributed by atoms with van der Waals surface area (Å²) in [4.78, 5) is 15.4. The highest BCUT2D eigenvalue weighted by Gasteiger charge is 2.08. The summed E-state index contributed by atoms with van der Waals surface area (Å²) in [5.41, 5.74) is 7.22. The lowest BCUT2D eigenvalue weighted by atomic mass is 10.1. The summed E-state index contributed by atoms with van der Waals surface area (Å²) in [5, 5.41) is 5.19. The summed E-state index contributed by atoms with van der Waals surface area (Å²) in [6.45, 7) is 3.90. The number of carbonyl (C=O) groups excluding carboxylic acids is 1. The van der Waals surface area contributed by atoms with Gasteiger partial charge in [0.1, 0.15) is 0 Å². The molecule has 1 heterocycles. The van der Waals surface area contributed by atoms with Gasteiger partial charge in [0, 0.05) is 27.7 Å². The summed E-state index contributed by atoms with van der Waals surface area (Å²) in [6.07, 6.45) is 1.68. The second-order valence-electron chi connectivity index (χ2n) is 5.22. The summed E-state index contributed by atoms with van der Waals surface area (Å²) >= 11 is 0. The Bertz CT molecular complexity index is 862. The maximum absolute atomic E-state index is 12.1. The largest absolute Gasteiger partial charge is 0.358 e. The van der Waals surface area contributed by atoms with Gasteiger partial charge in [0.25, 0.3) is 5.91 Å². The number of benzene rings is 2. The number of aromatic amines is 1. The van der Waals surface area contributed by atoms with Gasteiger partial charge < -0.3 is 4.98 Å². The summed E-state index contributed by atoms with van der Waals surface area (Å²) < 4.78 is 0. The van der Waals surface area contributed by atoms with Gasteiger partial charge in [0.2, 0.25) is 0 Å². The average Bonchev–Trinajstić information content (AvgIpc) is 2.83. The van der Waals surface area contributed by atoms with Gasteiger partial charge in [-0.2, -0.15) is 5.10 Å². The first kappa shape index (κ1) is 14.1. The molecule has 22 heavy (non-hydrogen) atoms. The maximum atomic E-state index is 12.1. The van der Waals surface area contributed by atoms with Crippen LogP contribution in [0.5, 0.6) is 0 Å². The van der Waals surface area contributed by atoms with Crippen molar-refractivity contribution in [2.75, 3.05) is 0 Å². The van der Waals surface area contributed by atoms with E-state index in [1.807, 2.05) is 56.3 Å². The standard InChI is InChI=1S/C18H17N3O/c1-12-7-3-4-8-14(12)18(22)21-19-11-16-13(2)20-17-10-6-5-9-15(16)17/h3-11,20H,1-2H3,(H,21,22)/b19-11-. The van der Waals surface area contributed by atoms with Crippen LogP contribution in [0.15, 0.2) is 53.6 Å². The van der Waals surface area contributed by atoms with E-state index >= 15 is 0 Å². The number of nitrogens with one attached hydrogen (secondary N) is 2. The molecular weight excluding hydrogens is 274 g/mol. The third-order valence-corrected chi connectivity index (χ3v) is 3.69. The van der Waals surface area contributed by atoms with E-state index in [0.717, 1.165) is 27.7 Å². The fraction of sp³-hybridized carbons (Fsp3) is 0.111. The number of aryl methyl sites for hydroxylation is 2. The molecule has 1 aromatic heterocycles. The van der Waals surface area contributed by atoms with Crippen molar-refractivity contribution in [1.82, 2.24) is 10.4 Å². The molecule has 0 saturated carbocycles. The smallest absolute Gasteiger partial charge is 0.271 e. The third-order valence-electron chi connectivity index (χ3n) is 3.69. The van der Waals surface area contributed by atoms with Crippen LogP contribution in [0.3, 0.4) is 0 Å². The minimum atomic E-state index is -0.202. The highest BCUT2D eigenvalue weighted by Crippen LogP contribution is 2.19. The predicted molar refractivity (Wildman–Crippen MR) is 89.3 cm³/mol. The number of amides is 1. The van der Waals surface area contributed by atoms with Crippen molar-refractivity contribution in [3.8, 4) is 0 Å². The number of fused-ring (bicyclic) bond motifs is 1. The van der Waals surface area contributed by atoms with Crippen molar-refractivity contribution in [1.29, 1.82) is 0 Å². The van der Waals surface area contributed by atoms with Crippen LogP contribution in [0, 0.1) is 13.8 Å². The summed E-state index contributed by atoms with van der Waals surface area (Å²) in [5.74, 6) is -0.202. The van der Waals surface area contributed by atoms with Gasteiger partial charge in [-0.05, 0) is 31.5 Å². The minimum Gasteiger partial charge on any atom is -0.358 e. The van der Waals surface area contributed by atoms with Crippen molar-refractivity contribution in [3.05, 3.63) is 70.9 Å². The van der Waals surface area contributed by atoms with E-state index in [-0.39, 0.29) is 5.91 Å². The summed E-state index contributed by atoms with van der Waals surface area (Å²) in [6, 6.07) is 15.5. The fourth-order valence-corrected chi connectivity index (χ4v) is 2.51. The number of nitrogens with zero attached hydrogens (tertiary/aromatic N) is 1. The number of hydrogen-bond acceptors (Lipinski definition) is 2. The van der Waals surface area contributed by atoms with E-state index in [1.54, 1.807) is 12.3 Å². The highest BCUT2D eigenvalue weighted by atomic mass is 16.2. The van der Waals surface area contributed by atoms with E-state index in [4.69, 9.17) is 0 Å². The number of para-hydroxylation sites is 1. The molecule has 4 heteroatoms. The van der Waals surface area contributed by atoms with Gasteiger partial charge in [-0.15, -0.1) is 0 Å². The van der Waals surface area contributed by atoms with E-state index in [0.29, 0.717) is 5.56 Å². The van der Waals surface area contributed by atoms with E-state index in [9.17, 15) is 4.79 Å². The Morgan fingerprint density at radius 2 is 1.82 bits per heavy atom. The van der Waals surface area contributed by atoms with Crippen LogP contribution in [0.25, 0.3) is 10.9 Å². The van der Waals surface area contributed by atoms with Gasteiger partial charge in [0.05, 0.1) is 6.21 Å². The molecule has 0 aliphatic heterocycles. The first-order valence-electron chi connectivity index (χ1n) is 7.13. The molecule has 3 aromatic rings. The number of hydrogen-bond donors (Lipinski definition) is 2. The molecule has 1 amide bonds. The molecule has 0 bridgehead atoms. The molecule has 0 spiro atoms. The zero-order chi connectivity index (χ0) is 15.5. The first-order chi connectivity index (χ1) is 10.7. The van der Waals surface area contributed by atoms with Gasteiger partial charge in [-0.1, -0.05) is 36.4 Å². The Morgan fingerprint density at radius 3 is 2.64 bits per heavy atom. The molecule has 0 unspecified atom stereocenters. The Kier molecular flexibility index (Phi) is 3.74. The average molecular weight is 291 g/mol. The van der Waals surface area contributed by atoms with Crippen LogP contribution < -0.4 is 5.43 Å². The van der Waals surface area contributed by atoms with Crippen molar-refractivity contribution in [2.45, 2.75) is 13.8 Å². The van der Waals surface area contributed by atoms with Gasteiger partial charge >= 0.3 is 0 Å². The normalized spacial score (nSPS) is 11.2. The molecule has 0 fully saturated rings. The van der Waals surface area contributed by atoms with E-state index < -0.39 is 0 Å². The Labute approximate surface area is 128 Å². The SMILES string of the molecule is Cc1ccccc1C(=O)N/N=C\c1c(C)[nH]c2ccccc12. The lowest BCUT2D eigenvalue weighted by molar-refractivity contribution is 0.0954. The molecule has 0 aliphatic carbocycles. The molecule has 110 valence electrons. The lowest BCUT2D eigenvalue weighted by Gasteiger charge is -2.03. The zero-order valence-electron chi connectivity index (χ0n) is 12.6. The number of hydrazone groups is 1. The zero-order valence-corrected chi connectivity index (χ0v) is 12.6. The number of rotatable bonds is 3. The first-order valence-corrected chi connectivity index (χ1v) is 7.13. The van der Waals surface area contributed by atoms with Crippen LogP contribution >= 0.6 is 0 Å². The fourth-order valence-electron chi connectivity index (χ4n) is 2.51. The molecule has 0 saturated heterocycles. The number of aromatic nitrogens is 1. The molecule has 3 rings (SSSR count). The van der Waals surface area contributed by atoms with Crippen LogP contribution in [0.1, 0.15) is 27.2 Å². The molecule has 2 N–H and O–H groups in total. The highest BCUT2D eigenvalue weighted by molar-refractivity contribution is 6.01. The van der Waals surface area contributed by atoms with E-state index in [2.05, 4.69) is 15.5 Å². The quantitative estimate of drug-likeness (QED) is 0.562. The van der Waals surface area contributed by atoms with Crippen molar-refractivity contribution < 1.29 is 4.79 Å². The molecule has 0 aliphatic rings. The van der Waals surface area contributed by atoms with E-state index in [1.165, 1.54) is 0 Å². The second-order valence-corrected chi connectivity index (χ2v) is 5.22. The molecule has 2 aromatic carbocycles. The van der Waals surface area contributed by atoms with Crippen molar-refractivity contribution in [2.24, 2.45) is 5.10 Å². The monoisotopic (exact) mass is 291 g/mol. The van der Waals surface area contributed by atoms with Crippen LogP contribution in [0.2, 0.25) is 0 Å². The summed E-state index contributed by atoms with van der Waals surface area (Å²) in [7, 11) is 0. The maximum Gasteiger partial charge on any atom is 0.271 e. The van der Waals surface area contributed by atoms with Gasteiger partial charge in [0.15, 0.2) is 0 Å². The number of H-pyrrole nitrogens is 1. The second kappa shape index (κ2) is 5.85. The van der Waals surface area contributed by atoms with Crippen molar-refractivity contribution in [3.63, 3.8) is 0 Å². The van der Waals surface area contributed by atoms with Crippen LogP contribution in [0.4, 0.5) is 0 Å². The molecule has 0 atom stereocenters. The van der Waals surface area contributed by atoms with Crippen LogP contribution in [-0.2, 0) is 0 Å². The molecule has 0 radical (unpaired) electrons. The van der Waals surface area contributed by atoms with Gasteiger partial charge in [-0.3, -0.25) is 4.79 Å². The van der Waals surface area contributed by atoms with Crippen molar-refractivity contribution >= 4 is 23.0 Å². The Morgan fingerprint density at radius 1 is 1.09 bits per heavy atom.